The topological polar surface area (TPSA) is 118 Å². The van der Waals surface area contributed by atoms with Crippen molar-refractivity contribution in [3.05, 3.63) is 60.7 Å². The number of nitrogens with zero attached hydrogens (tertiary/aromatic N) is 2. The first kappa shape index (κ1) is 22.3. The Hall–Kier alpha value is -2.88. The van der Waals surface area contributed by atoms with Crippen LogP contribution in [0.3, 0.4) is 0 Å². The Morgan fingerprint density at radius 1 is 1.06 bits per heavy atom. The van der Waals surface area contributed by atoms with Gasteiger partial charge in [-0.15, -0.1) is 0 Å². The predicted molar refractivity (Wildman–Crippen MR) is 120 cm³/mol. The quantitative estimate of drug-likeness (QED) is 0.523. The van der Waals surface area contributed by atoms with E-state index in [4.69, 9.17) is 5.73 Å². The van der Waals surface area contributed by atoms with Crippen molar-refractivity contribution in [2.45, 2.75) is 36.6 Å². The van der Waals surface area contributed by atoms with E-state index in [0.717, 1.165) is 19.3 Å². The molecular formula is C23H25FN4O3S. The summed E-state index contributed by atoms with van der Waals surface area (Å²) in [6.45, 7) is -0.0600. The van der Waals surface area contributed by atoms with E-state index in [0.29, 0.717) is 23.2 Å². The molecular weight excluding hydrogens is 431 g/mol. The molecule has 0 aliphatic heterocycles. The zero-order valence-electron chi connectivity index (χ0n) is 17.4. The Kier molecular flexibility index (Phi) is 6.50. The lowest BCUT2D eigenvalue weighted by atomic mass is 9.86. The highest BCUT2D eigenvalue weighted by Gasteiger charge is 2.30. The van der Waals surface area contributed by atoms with Crippen molar-refractivity contribution in [1.82, 2.24) is 14.7 Å². The van der Waals surface area contributed by atoms with Crippen molar-refractivity contribution in [2.24, 2.45) is 5.92 Å². The molecule has 3 aromatic rings. The smallest absolute Gasteiger partial charge is 0.241 e. The molecule has 32 heavy (non-hydrogen) atoms. The van der Waals surface area contributed by atoms with Crippen molar-refractivity contribution >= 4 is 15.8 Å². The van der Waals surface area contributed by atoms with E-state index in [-0.39, 0.29) is 34.8 Å². The van der Waals surface area contributed by atoms with E-state index in [2.05, 4.69) is 14.7 Å². The number of sulfonamides is 1. The monoisotopic (exact) mass is 456 g/mol. The number of aliphatic hydroxyl groups is 1. The number of nitrogens with one attached hydrogen (secondary N) is 1. The second-order valence-corrected chi connectivity index (χ2v) is 9.65. The molecule has 2 atom stereocenters. The van der Waals surface area contributed by atoms with Gasteiger partial charge in [0, 0.05) is 23.8 Å². The number of halogens is 1. The number of hydrogen-bond acceptors (Lipinski definition) is 6. The number of aromatic nitrogens is 2. The number of hydrogen-bond donors (Lipinski definition) is 3. The summed E-state index contributed by atoms with van der Waals surface area (Å²) in [5, 5.41) is 9.63. The standard InChI is InChI=1S/C23H25FN4O3S/c24-19-11-15(9-10-18(19)21-12-27-23(25)13-26-21)17-6-2-4-8-22(17)32(30,31)28-20-7-3-1-5-16(20)14-29/h2,4,6,8-13,16,20,28-29H,1,3,5,7,14H2,(H2,25,27). The second-order valence-electron chi connectivity index (χ2n) is 7.97. The summed E-state index contributed by atoms with van der Waals surface area (Å²) in [5.41, 5.74) is 6.94. The molecule has 0 saturated heterocycles. The van der Waals surface area contributed by atoms with Gasteiger partial charge in [-0.2, -0.15) is 0 Å². The van der Waals surface area contributed by atoms with Gasteiger partial charge in [0.25, 0.3) is 0 Å². The van der Waals surface area contributed by atoms with Crippen LogP contribution in [0.25, 0.3) is 22.4 Å². The maximum absolute atomic E-state index is 14.9. The van der Waals surface area contributed by atoms with Crippen LogP contribution in [0.1, 0.15) is 25.7 Å². The molecule has 0 bridgehead atoms. The highest BCUT2D eigenvalue weighted by Crippen LogP contribution is 2.32. The van der Waals surface area contributed by atoms with Crippen molar-refractivity contribution in [3.8, 4) is 22.4 Å². The van der Waals surface area contributed by atoms with Gasteiger partial charge < -0.3 is 10.8 Å². The van der Waals surface area contributed by atoms with Crippen molar-refractivity contribution in [2.75, 3.05) is 12.3 Å². The van der Waals surface area contributed by atoms with Crippen LogP contribution in [0.5, 0.6) is 0 Å². The van der Waals surface area contributed by atoms with Crippen molar-refractivity contribution in [3.63, 3.8) is 0 Å². The van der Waals surface area contributed by atoms with Gasteiger partial charge in [0.05, 0.1) is 23.0 Å². The Balaban J connectivity index is 1.67. The molecule has 9 heteroatoms. The summed E-state index contributed by atoms with van der Waals surface area (Å²) in [7, 11) is -3.88. The molecule has 1 saturated carbocycles. The molecule has 168 valence electrons. The molecule has 0 amide bonds. The van der Waals surface area contributed by atoms with Crippen LogP contribution >= 0.6 is 0 Å². The zero-order valence-corrected chi connectivity index (χ0v) is 18.2. The number of aliphatic hydroxyl groups excluding tert-OH is 1. The molecule has 4 rings (SSSR count). The van der Waals surface area contributed by atoms with Crippen molar-refractivity contribution in [1.29, 1.82) is 0 Å². The summed E-state index contributed by atoms with van der Waals surface area (Å²) < 4.78 is 44.2. The Bertz CT molecular complexity index is 1200. The summed E-state index contributed by atoms with van der Waals surface area (Å²) in [6.07, 6.45) is 6.08. The first-order valence-electron chi connectivity index (χ1n) is 10.5. The van der Waals surface area contributed by atoms with Gasteiger partial charge in [-0.3, -0.25) is 4.98 Å². The molecule has 1 aliphatic carbocycles. The minimum absolute atomic E-state index is 0.0600. The Labute approximate surface area is 186 Å². The lowest BCUT2D eigenvalue weighted by Crippen LogP contribution is -2.43. The number of anilines is 1. The molecule has 2 aromatic carbocycles. The van der Waals surface area contributed by atoms with E-state index in [1.54, 1.807) is 30.3 Å². The number of nitrogens with two attached hydrogens (primary N) is 1. The van der Waals surface area contributed by atoms with E-state index < -0.39 is 15.8 Å². The Morgan fingerprint density at radius 3 is 2.56 bits per heavy atom. The van der Waals surface area contributed by atoms with Gasteiger partial charge in [0.2, 0.25) is 10.0 Å². The molecule has 0 spiro atoms. The predicted octanol–water partition coefficient (Wildman–Crippen LogP) is 3.36. The molecule has 0 radical (unpaired) electrons. The van der Waals surface area contributed by atoms with Crippen molar-refractivity contribution < 1.29 is 17.9 Å². The molecule has 7 nitrogen and oxygen atoms in total. The third-order valence-corrected chi connectivity index (χ3v) is 7.40. The summed E-state index contributed by atoms with van der Waals surface area (Å²) in [6, 6.07) is 10.7. The van der Waals surface area contributed by atoms with Gasteiger partial charge >= 0.3 is 0 Å². The van der Waals surface area contributed by atoms with Crippen LogP contribution < -0.4 is 10.5 Å². The fraction of sp³-hybridized carbons (Fsp3) is 0.304. The number of rotatable bonds is 6. The first-order valence-corrected chi connectivity index (χ1v) is 12.0. The van der Waals surface area contributed by atoms with Gasteiger partial charge in [0.1, 0.15) is 11.6 Å². The van der Waals surface area contributed by atoms with Crippen LogP contribution in [0.2, 0.25) is 0 Å². The summed E-state index contributed by atoms with van der Waals surface area (Å²) in [4.78, 5) is 8.10. The normalized spacial score (nSPS) is 19.1. The molecule has 1 aromatic heterocycles. The number of benzene rings is 2. The maximum Gasteiger partial charge on any atom is 0.241 e. The molecule has 1 fully saturated rings. The highest BCUT2D eigenvalue weighted by atomic mass is 32.2. The van der Waals surface area contributed by atoms with Crippen LogP contribution in [0, 0.1) is 11.7 Å². The Morgan fingerprint density at radius 2 is 1.84 bits per heavy atom. The maximum atomic E-state index is 14.9. The first-order chi connectivity index (χ1) is 15.4. The highest BCUT2D eigenvalue weighted by molar-refractivity contribution is 7.89. The zero-order chi connectivity index (χ0) is 22.7. The van der Waals surface area contributed by atoms with Crippen LogP contribution in [0.4, 0.5) is 10.2 Å². The number of nitrogen functional groups attached to an aromatic ring is 1. The largest absolute Gasteiger partial charge is 0.396 e. The summed E-state index contributed by atoms with van der Waals surface area (Å²) in [5.74, 6) is -0.420. The SMILES string of the molecule is Nc1cnc(-c2ccc(-c3ccccc3S(=O)(=O)NC3CCCCC3CO)cc2F)cn1. The molecule has 2 unspecified atom stereocenters. The van der Waals surface area contributed by atoms with Gasteiger partial charge in [-0.05, 0) is 42.5 Å². The molecule has 1 aliphatic rings. The van der Waals surface area contributed by atoms with E-state index in [9.17, 15) is 17.9 Å². The fourth-order valence-corrected chi connectivity index (χ4v) is 5.72. The fourth-order valence-electron chi connectivity index (χ4n) is 4.15. The van der Waals surface area contributed by atoms with E-state index in [1.165, 1.54) is 24.5 Å². The van der Waals surface area contributed by atoms with E-state index >= 15 is 0 Å². The lowest BCUT2D eigenvalue weighted by molar-refractivity contribution is 0.164. The van der Waals surface area contributed by atoms with Gasteiger partial charge in [-0.25, -0.2) is 22.5 Å². The lowest BCUT2D eigenvalue weighted by Gasteiger charge is -2.30. The average Bonchev–Trinajstić information content (AvgIpc) is 2.80. The summed E-state index contributed by atoms with van der Waals surface area (Å²) >= 11 is 0. The third kappa shape index (κ3) is 4.64. The molecule has 4 N–H and O–H groups in total. The second kappa shape index (κ2) is 9.32. The molecule has 1 heterocycles. The minimum Gasteiger partial charge on any atom is -0.396 e. The third-order valence-electron chi connectivity index (χ3n) is 5.85. The van der Waals surface area contributed by atoms with Crippen LogP contribution in [-0.4, -0.2) is 36.1 Å². The minimum atomic E-state index is -3.88. The van der Waals surface area contributed by atoms with Gasteiger partial charge in [0.15, 0.2) is 0 Å². The van der Waals surface area contributed by atoms with Crippen LogP contribution in [0.15, 0.2) is 59.8 Å². The van der Waals surface area contributed by atoms with Gasteiger partial charge in [-0.1, -0.05) is 37.1 Å². The van der Waals surface area contributed by atoms with Crippen LogP contribution in [-0.2, 0) is 10.0 Å². The van der Waals surface area contributed by atoms with E-state index in [1.807, 2.05) is 0 Å². The average molecular weight is 457 g/mol.